The third-order valence-electron chi connectivity index (χ3n) is 4.14. The van der Waals surface area contributed by atoms with Crippen LogP contribution in [0.4, 0.5) is 0 Å². The smallest absolute Gasteiger partial charge is 1.00 e. The number of carbonyl (C=O) groups is 3. The number of thioether (sulfide) groups is 2. The van der Waals surface area contributed by atoms with Crippen LogP contribution in [0.15, 0.2) is 21.9 Å². The summed E-state index contributed by atoms with van der Waals surface area (Å²) in [5.74, 6) is -1.19. The number of nitrogens with one attached hydrogen (secondary N) is 1. The molecule has 0 saturated carbocycles. The van der Waals surface area contributed by atoms with Gasteiger partial charge in [0.2, 0.25) is 5.91 Å². The third kappa shape index (κ3) is 4.95. The van der Waals surface area contributed by atoms with Gasteiger partial charge < -0.3 is 11.8 Å². The van der Waals surface area contributed by atoms with Gasteiger partial charge in [0.05, 0.1) is 0 Å². The monoisotopic (exact) mass is 494 g/mol. The number of tetrazole rings is 1. The Morgan fingerprint density at radius 2 is 2.23 bits per heavy atom. The Morgan fingerprint density at radius 1 is 1.43 bits per heavy atom. The molecular formula is C14H15KN8O4S3. The fraction of sp³-hybridized carbons (Fsp3) is 0.429. The van der Waals surface area contributed by atoms with Crippen molar-refractivity contribution < 1.29 is 72.3 Å². The van der Waals surface area contributed by atoms with Gasteiger partial charge in [0.15, 0.2) is 4.34 Å². The van der Waals surface area contributed by atoms with Crippen molar-refractivity contribution in [3.05, 3.63) is 22.6 Å². The second-order valence-electron chi connectivity index (χ2n) is 6.10. The molecule has 0 spiro atoms. The summed E-state index contributed by atoms with van der Waals surface area (Å²) in [6.45, 7) is 1.72. The minimum atomic E-state index is -1.16. The molecule has 30 heavy (non-hydrogen) atoms. The molecule has 0 aliphatic carbocycles. The summed E-state index contributed by atoms with van der Waals surface area (Å²) in [7, 11) is 0. The molecule has 2 aromatic heterocycles. The average Bonchev–Trinajstić information content (AvgIpc) is 3.35. The molecule has 2 amide bonds. The zero-order valence-electron chi connectivity index (χ0n) is 16.9. The topological polar surface area (TPSA) is 156 Å². The van der Waals surface area contributed by atoms with Crippen LogP contribution < -0.4 is 56.7 Å². The van der Waals surface area contributed by atoms with Gasteiger partial charge in [-0.05, 0) is 22.9 Å². The number of β-lactam (4-membered cyclic amide) rings is 1. The number of hydrogen-bond acceptors (Lipinski definition) is 11. The predicted octanol–water partition coefficient (Wildman–Crippen LogP) is -3.52. The molecule has 4 rings (SSSR count). The zero-order valence-corrected chi connectivity index (χ0v) is 21.5. The Morgan fingerprint density at radius 3 is 2.87 bits per heavy atom. The fourth-order valence-electron chi connectivity index (χ4n) is 2.90. The Bertz CT molecular complexity index is 1000. The summed E-state index contributed by atoms with van der Waals surface area (Å²) >= 11 is 4.24. The Hall–Kier alpha value is -0.884. The first-order valence-electron chi connectivity index (χ1n) is 8.27. The first-order valence-corrected chi connectivity index (χ1v) is 11.1. The predicted molar refractivity (Wildman–Crippen MR) is 104 cm³/mol. The van der Waals surface area contributed by atoms with Crippen molar-refractivity contribution in [3.63, 3.8) is 0 Å². The fourth-order valence-corrected chi connectivity index (χ4v) is 6.20. The maximum absolute atomic E-state index is 12.6. The molecule has 0 radical (unpaired) electrons. The second-order valence-corrected chi connectivity index (χ2v) is 9.60. The van der Waals surface area contributed by atoms with Gasteiger partial charge in [-0.3, -0.25) is 14.5 Å². The average molecular weight is 495 g/mol. The van der Waals surface area contributed by atoms with Crippen LogP contribution in [0, 0.1) is 6.92 Å². The molecule has 1 saturated heterocycles. The van der Waals surface area contributed by atoms with Gasteiger partial charge in [-0.1, -0.05) is 23.1 Å². The van der Waals surface area contributed by atoms with Gasteiger partial charge in [-0.15, -0.1) is 27.1 Å². The van der Waals surface area contributed by atoms with Gasteiger partial charge in [0, 0.05) is 11.5 Å². The van der Waals surface area contributed by atoms with Crippen molar-refractivity contribution in [1.82, 2.24) is 40.6 Å². The van der Waals surface area contributed by atoms with Crippen LogP contribution in [0.25, 0.3) is 0 Å². The van der Waals surface area contributed by atoms with E-state index in [0.717, 1.165) is 9.35 Å². The molecule has 2 atom stereocenters. The maximum Gasteiger partial charge on any atom is 1.00 e. The summed E-state index contributed by atoms with van der Waals surface area (Å²) in [5, 5.41) is 31.1. The van der Waals surface area contributed by atoms with Crippen molar-refractivity contribution >= 4 is 52.6 Å². The molecule has 16 heteroatoms. The van der Waals surface area contributed by atoms with Crippen LogP contribution in [-0.2, 0) is 20.9 Å². The van der Waals surface area contributed by atoms with Crippen LogP contribution in [-0.4, -0.2) is 81.1 Å². The number of amides is 2. The van der Waals surface area contributed by atoms with Gasteiger partial charge in [-0.2, -0.15) is 0 Å². The van der Waals surface area contributed by atoms with Crippen molar-refractivity contribution in [2.45, 2.75) is 29.2 Å². The number of carboxylic acid groups (broad SMARTS) is 1. The Labute approximate surface area is 226 Å². The largest absolute Gasteiger partial charge is 1.00 e. The third-order valence-corrected chi connectivity index (χ3v) is 7.54. The quantitative estimate of drug-likeness (QED) is 0.223. The van der Waals surface area contributed by atoms with E-state index in [1.807, 2.05) is 6.92 Å². The van der Waals surface area contributed by atoms with E-state index < -0.39 is 29.2 Å². The zero-order chi connectivity index (χ0) is 20.5. The number of rotatable bonds is 7. The van der Waals surface area contributed by atoms with E-state index in [9.17, 15) is 19.5 Å². The normalized spacial score (nSPS) is 20.3. The van der Waals surface area contributed by atoms with E-state index >= 15 is 0 Å². The summed E-state index contributed by atoms with van der Waals surface area (Å²) in [6, 6.07) is -0.779. The van der Waals surface area contributed by atoms with Crippen molar-refractivity contribution in [2.24, 2.45) is 0 Å². The molecule has 4 heterocycles. The van der Waals surface area contributed by atoms with E-state index in [-0.39, 0.29) is 65.1 Å². The number of aromatic nitrogens is 6. The van der Waals surface area contributed by atoms with Crippen LogP contribution in [0.1, 0.15) is 6.43 Å². The second kappa shape index (κ2) is 10.2. The number of carbonyl (C=O) groups excluding carboxylic acids is 2. The molecular weight excluding hydrogens is 480 g/mol. The number of fused-ring (bicyclic) bond motifs is 1. The number of aryl methyl sites for hydroxylation is 1. The van der Waals surface area contributed by atoms with E-state index in [1.165, 1.54) is 50.8 Å². The van der Waals surface area contributed by atoms with Crippen molar-refractivity contribution in [3.8, 4) is 0 Å². The van der Waals surface area contributed by atoms with Crippen LogP contribution in [0.2, 0.25) is 0 Å². The van der Waals surface area contributed by atoms with E-state index in [1.54, 1.807) is 0 Å². The SMILES string of the molecule is Cc1nnc(SCC2=C(C(=O)O)N3C(=O)[C@@H](NC(=O)Cn4cnnn4)[C@H]3SC2)s1.[H-].[K+]. The van der Waals surface area contributed by atoms with Gasteiger partial charge in [0.1, 0.15) is 35.0 Å². The molecule has 154 valence electrons. The van der Waals surface area contributed by atoms with Crippen LogP contribution >= 0.6 is 34.9 Å². The van der Waals surface area contributed by atoms with Gasteiger partial charge in [-0.25, -0.2) is 9.48 Å². The Balaban J connectivity index is 0.00000171. The first kappa shape index (κ1) is 23.8. The minimum absolute atomic E-state index is 0. The minimum Gasteiger partial charge on any atom is -1.00 e. The molecule has 1 fully saturated rings. The summed E-state index contributed by atoms with van der Waals surface area (Å²) in [5.41, 5.74) is 0.627. The van der Waals surface area contributed by atoms with E-state index in [0.29, 0.717) is 17.1 Å². The van der Waals surface area contributed by atoms with Crippen LogP contribution in [0.3, 0.4) is 0 Å². The molecule has 12 nitrogen and oxygen atoms in total. The van der Waals surface area contributed by atoms with Crippen molar-refractivity contribution in [2.75, 3.05) is 11.5 Å². The molecule has 2 aromatic rings. The number of aliphatic carboxylic acids is 1. The van der Waals surface area contributed by atoms with Gasteiger partial charge in [0.25, 0.3) is 5.91 Å². The van der Waals surface area contributed by atoms with Gasteiger partial charge >= 0.3 is 57.4 Å². The number of hydrogen-bond donors (Lipinski definition) is 2. The van der Waals surface area contributed by atoms with Crippen molar-refractivity contribution in [1.29, 1.82) is 0 Å². The maximum atomic E-state index is 12.6. The molecule has 0 aromatic carbocycles. The molecule has 2 aliphatic heterocycles. The standard InChI is InChI=1S/C14H14N8O4S3.K.H/c1-6-17-18-14(29-6)28-4-7-3-27-12-9(11(24)22(12)10(7)13(25)26)16-8(23)2-21-5-15-19-20-21;;/h5,9,12H,2-4H2,1H3,(H,16,23)(H,25,26);;/q;+1;-1/t9-,12-;;/m1../s1. The summed E-state index contributed by atoms with van der Waals surface area (Å²) in [4.78, 5) is 37.8. The molecule has 0 unspecified atom stereocenters. The number of carboxylic acids is 1. The molecule has 0 bridgehead atoms. The summed E-state index contributed by atoms with van der Waals surface area (Å²) in [6.07, 6.45) is 1.29. The Kier molecular flexibility index (Phi) is 8.05. The van der Waals surface area contributed by atoms with E-state index in [2.05, 4.69) is 31.0 Å². The van der Waals surface area contributed by atoms with E-state index in [4.69, 9.17) is 0 Å². The first-order chi connectivity index (χ1) is 13.9. The number of nitrogens with zero attached hydrogens (tertiary/aromatic N) is 7. The summed E-state index contributed by atoms with van der Waals surface area (Å²) < 4.78 is 1.98. The molecule has 2 N–H and O–H groups in total. The van der Waals surface area contributed by atoms with Crippen LogP contribution in [0.5, 0.6) is 0 Å². The molecule has 2 aliphatic rings.